The highest BCUT2D eigenvalue weighted by molar-refractivity contribution is 6.30. The largest absolute Gasteiger partial charge is 0.465 e. The minimum absolute atomic E-state index is 0.0933. The Morgan fingerprint density at radius 1 is 1.22 bits per heavy atom. The molecule has 0 saturated carbocycles. The van der Waals surface area contributed by atoms with Crippen molar-refractivity contribution in [2.24, 2.45) is 5.41 Å². The van der Waals surface area contributed by atoms with E-state index in [2.05, 4.69) is 27.2 Å². The monoisotopic (exact) mass is 658 g/mol. The Hall–Kier alpha value is -4.36. The van der Waals surface area contributed by atoms with Gasteiger partial charge in [0.2, 0.25) is 23.8 Å². The molecule has 1 aromatic heterocycles. The van der Waals surface area contributed by atoms with Gasteiger partial charge in [-0.15, -0.1) is 0 Å². The fourth-order valence-corrected chi connectivity index (χ4v) is 6.13. The predicted octanol–water partition coefficient (Wildman–Crippen LogP) is 5.70. The molecule has 3 aromatic rings. The molecule has 1 unspecified atom stereocenters. The highest BCUT2D eigenvalue weighted by atomic mass is 35.5. The summed E-state index contributed by atoms with van der Waals surface area (Å²) in [6.45, 7) is 7.27. The van der Waals surface area contributed by atoms with Crippen molar-refractivity contribution in [3.63, 3.8) is 0 Å². The average Bonchev–Trinajstić information content (AvgIpc) is 3.43. The minimum Gasteiger partial charge on any atom is -0.465 e. The maximum Gasteiger partial charge on any atom is 0.429 e. The molecule has 14 heteroatoms. The Labute approximate surface area is 269 Å². The molecule has 2 aliphatic rings. The summed E-state index contributed by atoms with van der Waals surface area (Å²) in [5.74, 6) is -0.971. The van der Waals surface area contributed by atoms with E-state index < -0.39 is 18.2 Å². The molecule has 2 aliphatic heterocycles. The number of benzene rings is 2. The van der Waals surface area contributed by atoms with Crippen LogP contribution in [0.5, 0.6) is 5.88 Å². The van der Waals surface area contributed by atoms with E-state index in [0.29, 0.717) is 49.7 Å². The van der Waals surface area contributed by atoms with Crippen molar-refractivity contribution in [2.45, 2.75) is 44.5 Å². The Kier molecular flexibility index (Phi) is 9.73. The van der Waals surface area contributed by atoms with Crippen LogP contribution in [0.4, 0.5) is 30.6 Å². The van der Waals surface area contributed by atoms with Gasteiger partial charge < -0.3 is 30.7 Å². The van der Waals surface area contributed by atoms with Crippen LogP contribution >= 0.6 is 11.6 Å². The first kappa shape index (κ1) is 33.0. The number of piperidine rings is 1. The first-order valence-corrected chi connectivity index (χ1v) is 15.1. The molecule has 46 heavy (non-hydrogen) atoms. The van der Waals surface area contributed by atoms with Crippen molar-refractivity contribution in [1.29, 1.82) is 0 Å². The molecule has 2 saturated heterocycles. The SMILES string of the molecule is C=CC(=O)Nc1cccc(-c2cc(Cl)ccc2C(Oc2cc(N3CCC4(CC3)CN[C@H](C(=O)OCC)C4)nc(N)n2)C(F)(F)F)c1. The van der Waals surface area contributed by atoms with Crippen LogP contribution in [0.3, 0.4) is 0 Å². The highest BCUT2D eigenvalue weighted by Crippen LogP contribution is 2.44. The summed E-state index contributed by atoms with van der Waals surface area (Å²) in [6.07, 6.45) is -4.09. The standard InChI is InChI=1S/C32H34ClF3N6O4/c1-3-26(43)39-21-7-5-6-19(14-21)23-15-20(33)8-9-22(23)28(32(34,35)36)46-27-16-25(40-30(37)41-27)42-12-10-31(11-13-42)17-24(38-18-31)29(44)45-4-2/h3,5-9,14-16,24,28,38H,1,4,10-13,17-18H2,2H3,(H,39,43)(H2,37,40,41)/t24-,28?/m0/s1. The number of ether oxygens (including phenoxy) is 2. The maximum absolute atomic E-state index is 14.7. The van der Waals surface area contributed by atoms with Gasteiger partial charge in [0.05, 0.1) is 6.61 Å². The summed E-state index contributed by atoms with van der Waals surface area (Å²) < 4.78 is 54.8. The molecule has 2 fully saturated rings. The van der Waals surface area contributed by atoms with Crippen molar-refractivity contribution in [3.05, 3.63) is 71.8 Å². The average molecular weight is 659 g/mol. The molecule has 10 nitrogen and oxygen atoms in total. The first-order valence-electron chi connectivity index (χ1n) is 14.8. The van der Waals surface area contributed by atoms with Crippen LogP contribution in [0.15, 0.2) is 61.2 Å². The zero-order chi connectivity index (χ0) is 33.1. The van der Waals surface area contributed by atoms with E-state index in [-0.39, 0.29) is 45.4 Å². The third-order valence-corrected chi connectivity index (χ3v) is 8.48. The molecule has 4 N–H and O–H groups in total. The van der Waals surface area contributed by atoms with Crippen LogP contribution in [-0.4, -0.2) is 60.3 Å². The molecule has 2 aromatic carbocycles. The second kappa shape index (κ2) is 13.6. The van der Waals surface area contributed by atoms with Crippen LogP contribution in [0.1, 0.15) is 37.9 Å². The Balaban J connectivity index is 1.39. The summed E-state index contributed by atoms with van der Waals surface area (Å²) in [5, 5.41) is 6.08. The molecular weight excluding hydrogens is 625 g/mol. The van der Waals surface area contributed by atoms with E-state index in [1.54, 1.807) is 25.1 Å². The number of alkyl halides is 3. The van der Waals surface area contributed by atoms with E-state index >= 15 is 0 Å². The van der Waals surface area contributed by atoms with Crippen molar-refractivity contribution in [3.8, 4) is 17.0 Å². The number of esters is 1. The number of hydrogen-bond donors (Lipinski definition) is 3. The molecule has 3 heterocycles. The van der Waals surface area contributed by atoms with Crippen molar-refractivity contribution >= 4 is 40.9 Å². The van der Waals surface area contributed by atoms with Gasteiger partial charge >= 0.3 is 12.1 Å². The quantitative estimate of drug-likeness (QED) is 0.196. The van der Waals surface area contributed by atoms with E-state index in [0.717, 1.165) is 18.9 Å². The summed E-state index contributed by atoms with van der Waals surface area (Å²) in [4.78, 5) is 34.2. The number of halogens is 4. The fraction of sp³-hybridized carbons (Fsp3) is 0.375. The predicted molar refractivity (Wildman–Crippen MR) is 169 cm³/mol. The van der Waals surface area contributed by atoms with Gasteiger partial charge in [-0.1, -0.05) is 36.4 Å². The summed E-state index contributed by atoms with van der Waals surface area (Å²) >= 11 is 6.23. The molecule has 1 amide bonds. The van der Waals surface area contributed by atoms with Crippen molar-refractivity contribution < 1.29 is 32.2 Å². The second-order valence-corrected chi connectivity index (χ2v) is 11.8. The third-order valence-electron chi connectivity index (χ3n) is 8.25. The van der Waals surface area contributed by atoms with Gasteiger partial charge in [-0.25, -0.2) is 0 Å². The number of nitrogens with one attached hydrogen (secondary N) is 2. The number of amides is 1. The molecule has 5 rings (SSSR count). The Morgan fingerprint density at radius 2 is 1.98 bits per heavy atom. The number of hydrogen-bond acceptors (Lipinski definition) is 9. The molecule has 244 valence electrons. The number of rotatable bonds is 9. The van der Waals surface area contributed by atoms with Crippen LogP contribution in [-0.2, 0) is 14.3 Å². The van der Waals surface area contributed by atoms with Gasteiger partial charge in [-0.05, 0) is 73.1 Å². The van der Waals surface area contributed by atoms with E-state index in [1.165, 1.54) is 30.3 Å². The van der Waals surface area contributed by atoms with Crippen LogP contribution in [0, 0.1) is 5.41 Å². The van der Waals surface area contributed by atoms with E-state index in [1.807, 2.05) is 4.90 Å². The van der Waals surface area contributed by atoms with Gasteiger partial charge in [-0.2, -0.15) is 23.1 Å². The van der Waals surface area contributed by atoms with E-state index in [9.17, 15) is 22.8 Å². The van der Waals surface area contributed by atoms with Crippen LogP contribution in [0.2, 0.25) is 5.02 Å². The minimum atomic E-state index is -4.86. The molecular formula is C32H34ClF3N6O4. The fourth-order valence-electron chi connectivity index (χ4n) is 5.96. The number of anilines is 3. The number of aromatic nitrogens is 2. The highest BCUT2D eigenvalue weighted by Gasteiger charge is 2.46. The topological polar surface area (TPSA) is 132 Å². The third kappa shape index (κ3) is 7.53. The van der Waals surface area contributed by atoms with Crippen LogP contribution < -0.4 is 26.0 Å². The lowest BCUT2D eigenvalue weighted by Crippen LogP contribution is -2.41. The van der Waals surface area contributed by atoms with E-state index in [4.69, 9.17) is 26.8 Å². The summed E-state index contributed by atoms with van der Waals surface area (Å²) in [6, 6.07) is 11.3. The number of carbonyl (C=O) groups excluding carboxylic acids is 2. The summed E-state index contributed by atoms with van der Waals surface area (Å²) in [5.41, 5.74) is 6.54. The molecule has 0 bridgehead atoms. The van der Waals surface area contributed by atoms with Crippen molar-refractivity contribution in [2.75, 3.05) is 42.2 Å². The van der Waals surface area contributed by atoms with Crippen molar-refractivity contribution in [1.82, 2.24) is 15.3 Å². The molecule has 0 aliphatic carbocycles. The number of nitrogens with two attached hydrogens (primary N) is 1. The lowest BCUT2D eigenvalue weighted by molar-refractivity contribution is -0.198. The van der Waals surface area contributed by atoms with Gasteiger partial charge in [0.15, 0.2) is 0 Å². The first-order chi connectivity index (χ1) is 21.9. The lowest BCUT2D eigenvalue weighted by Gasteiger charge is -2.39. The van der Waals surface area contributed by atoms with Crippen LogP contribution in [0.25, 0.3) is 11.1 Å². The van der Waals surface area contributed by atoms with Gasteiger partial charge in [0, 0.05) is 42.0 Å². The molecule has 0 radical (unpaired) electrons. The molecule has 2 atom stereocenters. The number of nitrogens with zero attached hydrogens (tertiary/aromatic N) is 3. The summed E-state index contributed by atoms with van der Waals surface area (Å²) in [7, 11) is 0. The second-order valence-electron chi connectivity index (χ2n) is 11.3. The van der Waals surface area contributed by atoms with Gasteiger partial charge in [-0.3, -0.25) is 9.59 Å². The zero-order valence-electron chi connectivity index (χ0n) is 25.1. The maximum atomic E-state index is 14.7. The smallest absolute Gasteiger partial charge is 0.429 e. The van der Waals surface area contributed by atoms with Gasteiger partial charge in [0.25, 0.3) is 0 Å². The number of carbonyl (C=O) groups is 2. The Bertz CT molecular complexity index is 1610. The zero-order valence-corrected chi connectivity index (χ0v) is 25.8. The van der Waals surface area contributed by atoms with Gasteiger partial charge in [0.1, 0.15) is 11.9 Å². The Morgan fingerprint density at radius 3 is 2.67 bits per heavy atom. The number of nitrogen functional groups attached to an aromatic ring is 1. The normalized spacial score (nSPS) is 18.2. The lowest BCUT2D eigenvalue weighted by atomic mass is 9.76. The molecule has 1 spiro atoms.